The van der Waals surface area contributed by atoms with Gasteiger partial charge in [0.25, 0.3) is 0 Å². The molecule has 0 atom stereocenters. The fourth-order valence-corrected chi connectivity index (χ4v) is 2.50. The van der Waals surface area contributed by atoms with Gasteiger partial charge in [0.05, 0.1) is 18.4 Å². The summed E-state index contributed by atoms with van der Waals surface area (Å²) in [5.41, 5.74) is 0.642. The minimum Gasteiger partial charge on any atom is -0.489 e. The second-order valence-corrected chi connectivity index (χ2v) is 5.62. The molecule has 0 N–H and O–H groups in total. The third-order valence-electron chi connectivity index (χ3n) is 3.48. The Bertz CT molecular complexity index is 453. The molecule has 0 aromatic carbocycles. The maximum atomic E-state index is 12.2. The number of hydrogen-bond acceptors (Lipinski definition) is 4. The summed E-state index contributed by atoms with van der Waals surface area (Å²) in [7, 11) is 0. The SMILES string of the molecule is CCOC1CC(CC(=O)c2cncc(OC(C)C)c2)C1. The Morgan fingerprint density at radius 3 is 2.80 bits per heavy atom. The summed E-state index contributed by atoms with van der Waals surface area (Å²) in [4.78, 5) is 16.3. The van der Waals surface area contributed by atoms with Gasteiger partial charge in [-0.05, 0) is 45.6 Å². The smallest absolute Gasteiger partial charge is 0.164 e. The first-order valence-electron chi connectivity index (χ1n) is 7.35. The predicted molar refractivity (Wildman–Crippen MR) is 77.1 cm³/mol. The van der Waals surface area contributed by atoms with Crippen LogP contribution in [0, 0.1) is 5.92 Å². The van der Waals surface area contributed by atoms with E-state index in [1.165, 1.54) is 0 Å². The number of carbonyl (C=O) groups is 1. The first-order chi connectivity index (χ1) is 9.58. The molecule has 1 aromatic rings. The van der Waals surface area contributed by atoms with E-state index in [1.807, 2.05) is 20.8 Å². The van der Waals surface area contributed by atoms with Gasteiger partial charge in [0.15, 0.2) is 5.78 Å². The van der Waals surface area contributed by atoms with Crippen molar-refractivity contribution in [3.63, 3.8) is 0 Å². The van der Waals surface area contributed by atoms with Crippen LogP contribution in [0.4, 0.5) is 0 Å². The van der Waals surface area contributed by atoms with E-state index in [4.69, 9.17) is 9.47 Å². The fourth-order valence-electron chi connectivity index (χ4n) is 2.50. The number of nitrogens with zero attached hydrogens (tertiary/aromatic N) is 1. The van der Waals surface area contributed by atoms with E-state index in [1.54, 1.807) is 18.5 Å². The molecule has 1 saturated carbocycles. The summed E-state index contributed by atoms with van der Waals surface area (Å²) in [6.45, 7) is 6.67. The number of ether oxygens (including phenoxy) is 2. The number of aromatic nitrogens is 1. The van der Waals surface area contributed by atoms with Gasteiger partial charge in [-0.1, -0.05) is 0 Å². The predicted octanol–water partition coefficient (Wildman–Crippen LogP) is 3.26. The van der Waals surface area contributed by atoms with E-state index in [2.05, 4.69) is 4.98 Å². The van der Waals surface area contributed by atoms with Gasteiger partial charge in [0.1, 0.15) is 5.75 Å². The van der Waals surface area contributed by atoms with Crippen LogP contribution < -0.4 is 4.74 Å². The van der Waals surface area contributed by atoms with Crippen molar-refractivity contribution in [1.29, 1.82) is 0 Å². The molecule has 4 nitrogen and oxygen atoms in total. The Morgan fingerprint density at radius 1 is 1.40 bits per heavy atom. The highest BCUT2D eigenvalue weighted by atomic mass is 16.5. The highest BCUT2D eigenvalue weighted by Crippen LogP contribution is 2.33. The van der Waals surface area contributed by atoms with E-state index < -0.39 is 0 Å². The lowest BCUT2D eigenvalue weighted by Gasteiger charge is -2.34. The van der Waals surface area contributed by atoms with Crippen molar-refractivity contribution in [2.75, 3.05) is 6.61 Å². The Kier molecular flexibility index (Phi) is 5.12. The number of pyridine rings is 1. The van der Waals surface area contributed by atoms with Crippen LogP contribution in [0.1, 0.15) is 50.4 Å². The molecule has 0 saturated heterocycles. The van der Waals surface area contributed by atoms with Crippen molar-refractivity contribution in [2.45, 2.75) is 52.2 Å². The minimum atomic E-state index is 0.0840. The zero-order valence-corrected chi connectivity index (χ0v) is 12.5. The molecule has 0 aliphatic heterocycles. The van der Waals surface area contributed by atoms with E-state index in [0.717, 1.165) is 19.4 Å². The van der Waals surface area contributed by atoms with Crippen molar-refractivity contribution in [1.82, 2.24) is 4.98 Å². The van der Waals surface area contributed by atoms with Crippen LogP contribution in [0.5, 0.6) is 5.75 Å². The average Bonchev–Trinajstić information content (AvgIpc) is 2.35. The largest absolute Gasteiger partial charge is 0.489 e. The van der Waals surface area contributed by atoms with Gasteiger partial charge in [-0.25, -0.2) is 0 Å². The molecule has 1 heterocycles. The van der Waals surface area contributed by atoms with Crippen molar-refractivity contribution in [3.8, 4) is 5.75 Å². The molecule has 0 bridgehead atoms. The van der Waals surface area contributed by atoms with Crippen molar-refractivity contribution < 1.29 is 14.3 Å². The summed E-state index contributed by atoms with van der Waals surface area (Å²) in [6.07, 6.45) is 6.27. The third-order valence-corrected chi connectivity index (χ3v) is 3.48. The van der Waals surface area contributed by atoms with E-state index >= 15 is 0 Å². The normalized spacial score (nSPS) is 21.6. The molecular weight excluding hydrogens is 254 g/mol. The van der Waals surface area contributed by atoms with Gasteiger partial charge in [-0.3, -0.25) is 9.78 Å². The van der Waals surface area contributed by atoms with E-state index in [0.29, 0.717) is 29.8 Å². The molecule has 20 heavy (non-hydrogen) atoms. The Morgan fingerprint density at radius 2 is 2.15 bits per heavy atom. The van der Waals surface area contributed by atoms with Gasteiger partial charge in [0, 0.05) is 24.8 Å². The first-order valence-corrected chi connectivity index (χ1v) is 7.35. The van der Waals surface area contributed by atoms with Gasteiger partial charge < -0.3 is 9.47 Å². The molecule has 1 aromatic heterocycles. The molecule has 4 heteroatoms. The van der Waals surface area contributed by atoms with Crippen LogP contribution in [-0.2, 0) is 4.74 Å². The van der Waals surface area contributed by atoms with Crippen molar-refractivity contribution in [3.05, 3.63) is 24.0 Å². The van der Waals surface area contributed by atoms with Crippen molar-refractivity contribution >= 4 is 5.78 Å². The molecule has 0 amide bonds. The zero-order chi connectivity index (χ0) is 14.5. The van der Waals surface area contributed by atoms with Crippen LogP contribution in [0.25, 0.3) is 0 Å². The Hall–Kier alpha value is -1.42. The number of Topliss-reactive ketones (excluding diaryl/α,β-unsaturated/α-hetero) is 1. The molecule has 0 unspecified atom stereocenters. The Balaban J connectivity index is 1.87. The lowest BCUT2D eigenvalue weighted by molar-refractivity contribution is -0.0246. The molecule has 110 valence electrons. The number of hydrogen-bond donors (Lipinski definition) is 0. The molecule has 0 spiro atoms. The Labute approximate surface area is 120 Å². The van der Waals surface area contributed by atoms with E-state index in [-0.39, 0.29) is 11.9 Å². The molecule has 1 aliphatic carbocycles. The van der Waals surface area contributed by atoms with Crippen LogP contribution >= 0.6 is 0 Å². The van der Waals surface area contributed by atoms with Crippen LogP contribution in [0.15, 0.2) is 18.5 Å². The zero-order valence-electron chi connectivity index (χ0n) is 12.5. The van der Waals surface area contributed by atoms with Crippen LogP contribution in [0.3, 0.4) is 0 Å². The summed E-state index contributed by atoms with van der Waals surface area (Å²) < 4.78 is 11.1. The van der Waals surface area contributed by atoms with E-state index in [9.17, 15) is 4.79 Å². The number of rotatable bonds is 7. The molecule has 1 fully saturated rings. The standard InChI is InChI=1S/C16H23NO3/c1-4-19-14-5-12(6-14)7-16(18)13-8-15(10-17-9-13)20-11(2)3/h8-12,14H,4-7H2,1-3H3. The van der Waals surface area contributed by atoms with Crippen LogP contribution in [0.2, 0.25) is 0 Å². The third kappa shape index (κ3) is 4.04. The lowest BCUT2D eigenvalue weighted by atomic mass is 9.78. The quantitative estimate of drug-likeness (QED) is 0.718. The molecular formula is C16H23NO3. The summed E-state index contributed by atoms with van der Waals surface area (Å²) in [5, 5.41) is 0. The molecule has 2 rings (SSSR count). The summed E-state index contributed by atoms with van der Waals surface area (Å²) in [6, 6.07) is 1.79. The van der Waals surface area contributed by atoms with Crippen LogP contribution in [-0.4, -0.2) is 29.6 Å². The number of carbonyl (C=O) groups excluding carboxylic acids is 1. The monoisotopic (exact) mass is 277 g/mol. The topological polar surface area (TPSA) is 48.4 Å². The highest BCUT2D eigenvalue weighted by molar-refractivity contribution is 5.96. The van der Waals surface area contributed by atoms with Crippen molar-refractivity contribution in [2.24, 2.45) is 5.92 Å². The highest BCUT2D eigenvalue weighted by Gasteiger charge is 2.31. The average molecular weight is 277 g/mol. The molecule has 0 radical (unpaired) electrons. The summed E-state index contributed by atoms with van der Waals surface area (Å²) in [5.74, 6) is 1.26. The number of ketones is 1. The maximum Gasteiger partial charge on any atom is 0.164 e. The van der Waals surface area contributed by atoms with Gasteiger partial charge in [-0.15, -0.1) is 0 Å². The van der Waals surface area contributed by atoms with Gasteiger partial charge in [0.2, 0.25) is 0 Å². The minimum absolute atomic E-state index is 0.0840. The summed E-state index contributed by atoms with van der Waals surface area (Å²) >= 11 is 0. The van der Waals surface area contributed by atoms with Gasteiger partial charge in [-0.2, -0.15) is 0 Å². The first kappa shape index (κ1) is 15.0. The maximum absolute atomic E-state index is 12.2. The second-order valence-electron chi connectivity index (χ2n) is 5.62. The molecule has 1 aliphatic rings. The second kappa shape index (κ2) is 6.84. The van der Waals surface area contributed by atoms with Gasteiger partial charge >= 0.3 is 0 Å². The lowest BCUT2D eigenvalue weighted by Crippen LogP contribution is -2.32. The fraction of sp³-hybridized carbons (Fsp3) is 0.625.